The molecule has 0 saturated carbocycles. The van der Waals surface area contributed by atoms with Gasteiger partial charge < -0.3 is 14.9 Å². The topological polar surface area (TPSA) is 0 Å². The summed E-state index contributed by atoms with van der Waals surface area (Å²) in [7, 11) is 0.930. The molecule has 31 heavy (non-hydrogen) atoms. The molecule has 0 saturated heterocycles. The van der Waals surface area contributed by atoms with Crippen LogP contribution in [-0.2, 0) is 26.2 Å². The SMILES string of the molecule is C[Si]c1ccccc1.Cc1cc2ccccc2[cH-]1.Cc1cc2ccccc2[cH-]1.[CH3-].[CH3-].[Zr+4]. The van der Waals surface area contributed by atoms with Crippen molar-refractivity contribution < 1.29 is 26.2 Å². The summed E-state index contributed by atoms with van der Waals surface area (Å²) >= 11 is 0. The van der Waals surface area contributed by atoms with E-state index < -0.39 is 0 Å². The van der Waals surface area contributed by atoms with Crippen molar-refractivity contribution in [3.8, 4) is 0 Å². The molecule has 0 N–H and O–H groups in total. The first-order valence-electron chi connectivity index (χ1n) is 9.62. The van der Waals surface area contributed by atoms with Crippen molar-refractivity contribution in [3.63, 3.8) is 0 Å². The Bertz CT molecular complexity index is 981. The predicted octanol–water partition coefficient (Wildman–Crippen LogP) is 7.70. The summed E-state index contributed by atoms with van der Waals surface area (Å²) in [5.74, 6) is 0. The quantitative estimate of drug-likeness (QED) is 0.164. The summed E-state index contributed by atoms with van der Waals surface area (Å²) < 4.78 is 0. The van der Waals surface area contributed by atoms with Crippen LogP contribution < -0.4 is 5.19 Å². The Kier molecular flexibility index (Phi) is 13.9. The molecule has 2 heteroatoms. The standard InChI is InChI=1S/2C10H9.C7H8Si.2CH3.Zr/c2*1-8-6-9-4-2-3-5-10(9)7-8;1-8-7-5-3-2-4-6-7;;;/h2*2-7H,1H3;2-6H,1H3;2*1H3;/q2*-1;;2*-1;+4. The third kappa shape index (κ3) is 8.93. The summed E-state index contributed by atoms with van der Waals surface area (Å²) in [4.78, 5) is 0. The van der Waals surface area contributed by atoms with Gasteiger partial charge in [-0.15, -0.1) is 81.2 Å². The van der Waals surface area contributed by atoms with Crippen molar-refractivity contribution in [2.75, 3.05) is 0 Å². The van der Waals surface area contributed by atoms with Gasteiger partial charge in [-0.3, -0.25) is 0 Å². The Morgan fingerprint density at radius 3 is 1.32 bits per heavy atom. The van der Waals surface area contributed by atoms with E-state index in [-0.39, 0.29) is 41.1 Å². The second-order valence-electron chi connectivity index (χ2n) is 6.94. The average Bonchev–Trinajstić information content (AvgIpc) is 3.29. The second kappa shape index (κ2) is 14.9. The molecular weight excluding hydrogens is 468 g/mol. The Labute approximate surface area is 211 Å². The molecule has 2 radical (unpaired) electrons. The second-order valence-corrected chi connectivity index (χ2v) is 8.02. The van der Waals surface area contributed by atoms with Crippen molar-refractivity contribution in [1.82, 2.24) is 0 Å². The minimum atomic E-state index is 0. The Balaban J connectivity index is 0.000000419. The zero-order chi connectivity index (χ0) is 19.8. The number of hydrogen-bond acceptors (Lipinski definition) is 0. The Hall–Kier alpha value is -2.02. The average molecular weight is 500 g/mol. The molecule has 0 aliphatic carbocycles. The van der Waals surface area contributed by atoms with Gasteiger partial charge in [0.2, 0.25) is 0 Å². The van der Waals surface area contributed by atoms with Crippen LogP contribution >= 0.6 is 0 Å². The molecule has 5 aromatic rings. The molecule has 0 unspecified atom stereocenters. The molecule has 0 aromatic heterocycles. The first-order chi connectivity index (χ1) is 13.7. The van der Waals surface area contributed by atoms with Crippen molar-refractivity contribution >= 4 is 36.3 Å². The third-order valence-corrected chi connectivity index (χ3v) is 5.50. The Morgan fingerprint density at radius 2 is 0.968 bits per heavy atom. The van der Waals surface area contributed by atoms with Gasteiger partial charge in [-0.25, -0.2) is 0 Å². The van der Waals surface area contributed by atoms with Crippen molar-refractivity contribution in [3.05, 3.63) is 129 Å². The van der Waals surface area contributed by atoms with E-state index in [0.717, 1.165) is 9.52 Å². The van der Waals surface area contributed by atoms with Crippen LogP contribution in [0, 0.1) is 28.7 Å². The molecule has 5 rings (SSSR count). The van der Waals surface area contributed by atoms with Crippen LogP contribution in [0.1, 0.15) is 11.1 Å². The van der Waals surface area contributed by atoms with Gasteiger partial charge in [0.15, 0.2) is 0 Å². The van der Waals surface area contributed by atoms with Crippen molar-refractivity contribution in [2.45, 2.75) is 20.4 Å². The minimum absolute atomic E-state index is 0. The summed E-state index contributed by atoms with van der Waals surface area (Å²) in [5, 5.41) is 6.83. The number of rotatable bonds is 1. The number of benzene rings is 3. The maximum Gasteiger partial charge on any atom is 4.00 e. The van der Waals surface area contributed by atoms with Gasteiger partial charge in [-0.1, -0.05) is 68.0 Å². The summed E-state index contributed by atoms with van der Waals surface area (Å²) in [6.07, 6.45) is 0. The largest absolute Gasteiger partial charge is 4.00 e. The predicted molar refractivity (Wildman–Crippen MR) is 139 cm³/mol. The van der Waals surface area contributed by atoms with Gasteiger partial charge in [0.1, 0.15) is 0 Å². The van der Waals surface area contributed by atoms with Crippen molar-refractivity contribution in [1.29, 1.82) is 0 Å². The maximum absolute atomic E-state index is 2.20. The van der Waals surface area contributed by atoms with Crippen LogP contribution in [0.2, 0.25) is 6.55 Å². The van der Waals surface area contributed by atoms with E-state index in [0.29, 0.717) is 0 Å². The van der Waals surface area contributed by atoms with E-state index in [4.69, 9.17) is 0 Å². The summed E-state index contributed by atoms with van der Waals surface area (Å²) in [6.45, 7) is 6.44. The van der Waals surface area contributed by atoms with Crippen LogP contribution in [0.25, 0.3) is 21.5 Å². The minimum Gasteiger partial charge on any atom is -0.358 e. The van der Waals surface area contributed by atoms with Gasteiger partial charge in [-0.2, -0.15) is 12.1 Å². The third-order valence-electron chi connectivity index (χ3n) is 4.59. The smallest absolute Gasteiger partial charge is 0.358 e. The zero-order valence-corrected chi connectivity index (χ0v) is 22.8. The first-order valence-corrected chi connectivity index (χ1v) is 11.1. The van der Waals surface area contributed by atoms with E-state index in [1.54, 1.807) is 0 Å². The van der Waals surface area contributed by atoms with Gasteiger partial charge in [0.25, 0.3) is 0 Å². The molecule has 0 atom stereocenters. The van der Waals surface area contributed by atoms with E-state index in [1.807, 2.05) is 6.07 Å². The summed E-state index contributed by atoms with van der Waals surface area (Å²) in [5.41, 5.74) is 2.70. The fourth-order valence-corrected chi connectivity index (χ4v) is 3.74. The van der Waals surface area contributed by atoms with E-state index >= 15 is 0 Å². The molecular formula is C29H32SiZr. The number of hydrogen-bond donors (Lipinski definition) is 0. The molecule has 0 spiro atoms. The number of fused-ring (bicyclic) bond motifs is 2. The molecule has 0 bridgehead atoms. The summed E-state index contributed by atoms with van der Waals surface area (Å²) in [6, 6.07) is 36.2. The van der Waals surface area contributed by atoms with Crippen molar-refractivity contribution in [2.24, 2.45) is 0 Å². The van der Waals surface area contributed by atoms with Crippen LogP contribution in [0.4, 0.5) is 0 Å². The molecule has 0 nitrogen and oxygen atoms in total. The van der Waals surface area contributed by atoms with Crippen LogP contribution in [-0.4, -0.2) is 9.52 Å². The first kappa shape index (κ1) is 29.0. The Morgan fingerprint density at radius 1 is 0.581 bits per heavy atom. The van der Waals surface area contributed by atoms with Crippen LogP contribution in [0.5, 0.6) is 0 Å². The van der Waals surface area contributed by atoms with E-state index in [1.165, 1.54) is 37.9 Å². The zero-order valence-electron chi connectivity index (χ0n) is 19.3. The van der Waals surface area contributed by atoms with Gasteiger partial charge in [0.05, 0.1) is 9.52 Å². The van der Waals surface area contributed by atoms with E-state index in [2.05, 4.69) is 117 Å². The van der Waals surface area contributed by atoms with Gasteiger partial charge in [0, 0.05) is 0 Å². The van der Waals surface area contributed by atoms with Gasteiger partial charge >= 0.3 is 26.2 Å². The van der Waals surface area contributed by atoms with E-state index in [9.17, 15) is 0 Å². The molecule has 0 aliphatic heterocycles. The maximum atomic E-state index is 2.20. The normalized spacial score (nSPS) is 9.13. The van der Waals surface area contributed by atoms with Gasteiger partial charge in [-0.05, 0) is 0 Å². The molecule has 0 amide bonds. The fraction of sp³-hybridized carbons (Fsp3) is 0.103. The molecule has 5 aromatic carbocycles. The molecule has 0 fully saturated rings. The van der Waals surface area contributed by atoms with Crippen LogP contribution in [0.3, 0.4) is 0 Å². The molecule has 156 valence electrons. The van der Waals surface area contributed by atoms with Crippen LogP contribution in [0.15, 0.2) is 103 Å². The monoisotopic (exact) mass is 498 g/mol. The number of aryl methyl sites for hydroxylation is 2. The molecule has 0 aliphatic rings. The molecule has 0 heterocycles. The fourth-order valence-electron chi connectivity index (χ4n) is 3.22.